The molecule has 1 atom stereocenters. The third kappa shape index (κ3) is 6.90. The van der Waals surface area contributed by atoms with Gasteiger partial charge in [0.25, 0.3) is 0 Å². The Hall–Kier alpha value is -3.20. The summed E-state index contributed by atoms with van der Waals surface area (Å²) in [5.41, 5.74) is 0.996. The van der Waals surface area contributed by atoms with Gasteiger partial charge in [0, 0.05) is 36.5 Å². The van der Waals surface area contributed by atoms with Crippen LogP contribution in [0.1, 0.15) is 16.8 Å². The summed E-state index contributed by atoms with van der Waals surface area (Å²) in [4.78, 5) is 16.7. The van der Waals surface area contributed by atoms with Gasteiger partial charge in [0.15, 0.2) is 11.9 Å². The van der Waals surface area contributed by atoms with E-state index in [0.717, 1.165) is 24.6 Å². The van der Waals surface area contributed by atoms with Crippen molar-refractivity contribution in [1.82, 2.24) is 19.9 Å². The number of carbonyl (C=O) groups is 1. The number of phenols is 1. The van der Waals surface area contributed by atoms with Crippen molar-refractivity contribution < 1.29 is 14.3 Å². The molecule has 2 aromatic carbocycles. The van der Waals surface area contributed by atoms with Crippen molar-refractivity contribution in [2.75, 3.05) is 25.0 Å². The SMILES string of the molecule is CN[C@H]1CCN(c2ccc3nccn3n2)C1.Fc1ccccc1.O=Cc1cc(Cl)cc(Cl)c1O. The lowest BCUT2D eigenvalue weighted by Crippen LogP contribution is -2.30. The second kappa shape index (κ2) is 12.3. The largest absolute Gasteiger partial charge is 0.506 e. The van der Waals surface area contributed by atoms with E-state index >= 15 is 0 Å². The zero-order chi connectivity index (χ0) is 24.5. The maximum atomic E-state index is 11.9. The first-order chi connectivity index (χ1) is 16.4. The van der Waals surface area contributed by atoms with Gasteiger partial charge in [0.1, 0.15) is 17.4 Å². The summed E-state index contributed by atoms with van der Waals surface area (Å²) >= 11 is 11.1. The van der Waals surface area contributed by atoms with Crippen LogP contribution in [-0.2, 0) is 0 Å². The molecule has 0 radical (unpaired) electrons. The Balaban J connectivity index is 0.000000156. The summed E-state index contributed by atoms with van der Waals surface area (Å²) in [6.45, 7) is 2.10. The normalized spacial score (nSPS) is 14.7. The van der Waals surface area contributed by atoms with E-state index in [9.17, 15) is 9.18 Å². The van der Waals surface area contributed by atoms with Crippen molar-refractivity contribution in [2.24, 2.45) is 0 Å². The Labute approximate surface area is 206 Å². The molecule has 0 bridgehead atoms. The Kier molecular flexibility index (Phi) is 9.21. The van der Waals surface area contributed by atoms with Gasteiger partial charge in [0.2, 0.25) is 0 Å². The smallest absolute Gasteiger partial charge is 0.153 e. The van der Waals surface area contributed by atoms with Crippen molar-refractivity contribution in [1.29, 1.82) is 0 Å². The van der Waals surface area contributed by atoms with E-state index in [1.165, 1.54) is 30.7 Å². The highest BCUT2D eigenvalue weighted by atomic mass is 35.5. The number of aromatic nitrogens is 3. The number of aldehydes is 1. The van der Waals surface area contributed by atoms with Gasteiger partial charge in [-0.2, -0.15) is 0 Å². The summed E-state index contributed by atoms with van der Waals surface area (Å²) in [5, 5.41) is 17.4. The van der Waals surface area contributed by atoms with Gasteiger partial charge in [-0.1, -0.05) is 41.4 Å². The van der Waals surface area contributed by atoms with Gasteiger partial charge in [-0.25, -0.2) is 13.9 Å². The number of fused-ring (bicyclic) bond motifs is 1. The number of nitrogens with one attached hydrogen (secondary N) is 1. The lowest BCUT2D eigenvalue weighted by atomic mass is 10.2. The molecule has 34 heavy (non-hydrogen) atoms. The summed E-state index contributed by atoms with van der Waals surface area (Å²) in [7, 11) is 2.01. The number of aromatic hydroxyl groups is 1. The predicted molar refractivity (Wildman–Crippen MR) is 133 cm³/mol. The van der Waals surface area contributed by atoms with E-state index in [2.05, 4.69) is 20.3 Å². The summed E-state index contributed by atoms with van der Waals surface area (Å²) in [6, 6.07) is 15.3. The third-order valence-corrected chi connectivity index (χ3v) is 5.59. The molecule has 1 aliphatic rings. The quantitative estimate of drug-likeness (QED) is 0.388. The Bertz CT molecular complexity index is 1220. The monoisotopic (exact) mass is 503 g/mol. The fourth-order valence-electron chi connectivity index (χ4n) is 3.27. The Morgan fingerprint density at radius 3 is 2.56 bits per heavy atom. The number of rotatable bonds is 3. The van der Waals surface area contributed by atoms with Crippen molar-refractivity contribution in [3.63, 3.8) is 0 Å². The van der Waals surface area contributed by atoms with E-state index in [1.807, 2.05) is 29.9 Å². The molecular weight excluding hydrogens is 480 g/mol. The van der Waals surface area contributed by atoms with Gasteiger partial charge < -0.3 is 15.3 Å². The minimum Gasteiger partial charge on any atom is -0.506 e. The van der Waals surface area contributed by atoms with Crippen LogP contribution in [0.2, 0.25) is 10.0 Å². The number of benzene rings is 2. The number of imidazole rings is 1. The molecule has 2 N–H and O–H groups in total. The highest BCUT2D eigenvalue weighted by Gasteiger charge is 2.22. The molecule has 0 spiro atoms. The number of hydrogen-bond donors (Lipinski definition) is 2. The topological polar surface area (TPSA) is 82.8 Å². The van der Waals surface area contributed by atoms with Crippen molar-refractivity contribution in [3.8, 4) is 5.75 Å². The average molecular weight is 504 g/mol. The first kappa shape index (κ1) is 25.4. The van der Waals surface area contributed by atoms with Gasteiger partial charge >= 0.3 is 0 Å². The number of hydrogen-bond acceptors (Lipinski definition) is 6. The number of halogens is 3. The molecular formula is C24H24Cl2FN5O2. The molecule has 0 aliphatic carbocycles. The molecule has 7 nitrogen and oxygen atoms in total. The molecule has 5 rings (SSSR count). The lowest BCUT2D eigenvalue weighted by Gasteiger charge is -2.16. The summed E-state index contributed by atoms with van der Waals surface area (Å²) < 4.78 is 13.7. The molecule has 10 heteroatoms. The highest BCUT2D eigenvalue weighted by Crippen LogP contribution is 2.29. The van der Waals surface area contributed by atoms with E-state index < -0.39 is 0 Å². The molecule has 1 fully saturated rings. The van der Waals surface area contributed by atoms with Gasteiger partial charge in [-0.15, -0.1) is 5.10 Å². The van der Waals surface area contributed by atoms with Crippen LogP contribution in [0, 0.1) is 5.82 Å². The van der Waals surface area contributed by atoms with Crippen molar-refractivity contribution >= 4 is 41.0 Å². The molecule has 0 saturated carbocycles. The number of likely N-dealkylation sites (N-methyl/N-ethyl adjacent to an activating group) is 1. The molecule has 0 unspecified atom stereocenters. The molecule has 4 aromatic rings. The average Bonchev–Trinajstić information content (AvgIpc) is 3.51. The number of carbonyl (C=O) groups excluding carboxylic acids is 1. The lowest BCUT2D eigenvalue weighted by molar-refractivity contribution is 0.112. The predicted octanol–water partition coefficient (Wildman–Crippen LogP) is 4.86. The van der Waals surface area contributed by atoms with E-state index in [4.69, 9.17) is 28.3 Å². The van der Waals surface area contributed by atoms with Crippen LogP contribution in [0.3, 0.4) is 0 Å². The molecule has 1 saturated heterocycles. The van der Waals surface area contributed by atoms with Gasteiger partial charge in [-0.05, 0) is 49.9 Å². The fourth-order valence-corrected chi connectivity index (χ4v) is 3.78. The minimum absolute atomic E-state index is 0.0830. The highest BCUT2D eigenvalue weighted by molar-refractivity contribution is 6.36. The standard InChI is InChI=1S/C11H15N5.C7H4Cl2O2.C6H5F/c1-12-9-4-6-15(8-9)11-3-2-10-13-5-7-16(10)14-11;8-5-1-4(3-10)7(11)6(9)2-5;7-6-4-2-1-3-5-6/h2-3,5,7,9,12H,4,6,8H2,1H3;1-3,11H;1-5H/t9-;;/m0../s1. The van der Waals surface area contributed by atoms with Crippen LogP contribution in [0.5, 0.6) is 5.75 Å². The molecule has 178 valence electrons. The zero-order valence-corrected chi connectivity index (χ0v) is 19.9. The second-order valence-electron chi connectivity index (χ2n) is 7.38. The summed E-state index contributed by atoms with van der Waals surface area (Å²) in [6.07, 6.45) is 5.32. The van der Waals surface area contributed by atoms with E-state index in [0.29, 0.717) is 17.4 Å². The maximum Gasteiger partial charge on any atom is 0.153 e. The van der Waals surface area contributed by atoms with Crippen LogP contribution in [0.25, 0.3) is 5.65 Å². The Morgan fingerprint density at radius 2 is 1.94 bits per heavy atom. The third-order valence-electron chi connectivity index (χ3n) is 5.08. The minimum atomic E-state index is -0.230. The molecule has 3 heterocycles. The van der Waals surface area contributed by atoms with Crippen LogP contribution >= 0.6 is 23.2 Å². The maximum absolute atomic E-state index is 11.9. The van der Waals surface area contributed by atoms with Gasteiger partial charge in [0.05, 0.1) is 10.6 Å². The Morgan fingerprint density at radius 1 is 1.18 bits per heavy atom. The van der Waals surface area contributed by atoms with Crippen LogP contribution < -0.4 is 10.2 Å². The molecule has 1 aliphatic heterocycles. The molecule has 0 amide bonds. The van der Waals surface area contributed by atoms with Crippen molar-refractivity contribution in [2.45, 2.75) is 12.5 Å². The number of phenolic OH excluding ortho intramolecular Hbond substituents is 1. The van der Waals surface area contributed by atoms with Crippen LogP contribution in [-0.4, -0.2) is 52.2 Å². The zero-order valence-electron chi connectivity index (χ0n) is 18.4. The first-order valence-electron chi connectivity index (χ1n) is 10.5. The van der Waals surface area contributed by atoms with E-state index in [-0.39, 0.29) is 22.2 Å². The second-order valence-corrected chi connectivity index (χ2v) is 8.22. The number of nitrogens with zero attached hydrogens (tertiary/aromatic N) is 4. The van der Waals surface area contributed by atoms with Crippen LogP contribution in [0.4, 0.5) is 10.2 Å². The fraction of sp³-hybridized carbons (Fsp3) is 0.208. The van der Waals surface area contributed by atoms with Gasteiger partial charge in [-0.3, -0.25) is 4.79 Å². The van der Waals surface area contributed by atoms with Crippen molar-refractivity contribution in [3.05, 3.63) is 88.4 Å². The van der Waals surface area contributed by atoms with E-state index in [1.54, 1.807) is 24.4 Å². The number of anilines is 1. The first-order valence-corrected chi connectivity index (χ1v) is 11.2. The molecule has 2 aromatic heterocycles. The summed E-state index contributed by atoms with van der Waals surface area (Å²) in [5.74, 6) is 0.622. The van der Waals surface area contributed by atoms with Crippen LogP contribution in [0.15, 0.2) is 67.0 Å².